The van der Waals surface area contributed by atoms with Gasteiger partial charge in [-0.15, -0.1) is 0 Å². The summed E-state index contributed by atoms with van der Waals surface area (Å²) in [6.45, 7) is 1.64. The zero-order valence-electron chi connectivity index (χ0n) is 11.3. The highest BCUT2D eigenvalue weighted by Crippen LogP contribution is 2.36. The molecule has 0 aromatic heterocycles. The molecule has 0 aromatic carbocycles. The highest BCUT2D eigenvalue weighted by Gasteiger charge is 2.42. The summed E-state index contributed by atoms with van der Waals surface area (Å²) in [6, 6.07) is 0.493. The third-order valence-corrected chi connectivity index (χ3v) is 4.99. The van der Waals surface area contributed by atoms with E-state index >= 15 is 0 Å². The van der Waals surface area contributed by atoms with Gasteiger partial charge >= 0.3 is 12.0 Å². The zero-order valence-corrected chi connectivity index (χ0v) is 11.3. The number of amides is 2. The van der Waals surface area contributed by atoms with E-state index in [1.807, 2.05) is 4.90 Å². The number of fused-ring (bicyclic) bond motifs is 1. The van der Waals surface area contributed by atoms with Crippen LogP contribution in [0.2, 0.25) is 0 Å². The van der Waals surface area contributed by atoms with Gasteiger partial charge in [-0.3, -0.25) is 4.79 Å². The average molecular weight is 266 g/mol. The monoisotopic (exact) mass is 266 g/mol. The maximum Gasteiger partial charge on any atom is 0.320 e. The molecule has 1 aliphatic carbocycles. The lowest BCUT2D eigenvalue weighted by Crippen LogP contribution is -2.61. The maximum atomic E-state index is 12.5. The van der Waals surface area contributed by atoms with E-state index in [1.165, 1.54) is 25.7 Å². The van der Waals surface area contributed by atoms with Crippen molar-refractivity contribution in [3.8, 4) is 0 Å². The average Bonchev–Trinajstić information content (AvgIpc) is 2.35. The van der Waals surface area contributed by atoms with Crippen LogP contribution in [0, 0.1) is 11.8 Å². The lowest BCUT2D eigenvalue weighted by Gasteiger charge is -2.48. The largest absolute Gasteiger partial charge is 0.481 e. The zero-order chi connectivity index (χ0) is 13.4. The molecule has 5 nitrogen and oxygen atoms in total. The summed E-state index contributed by atoms with van der Waals surface area (Å²) in [5.74, 6) is -0.447. The van der Waals surface area contributed by atoms with E-state index in [-0.39, 0.29) is 11.9 Å². The van der Waals surface area contributed by atoms with Crippen molar-refractivity contribution in [1.82, 2.24) is 9.80 Å². The fraction of sp³-hybridized carbons (Fsp3) is 0.857. The molecular formula is C14H22N2O3. The Morgan fingerprint density at radius 2 is 1.68 bits per heavy atom. The standard InChI is InChI=1S/C14H22N2O3/c17-13(18)11-8-15(9-11)14(19)16-7-3-5-10-4-1-2-6-12(10)16/h10-12H,1-9H2,(H,17,18). The van der Waals surface area contributed by atoms with Crippen molar-refractivity contribution in [2.24, 2.45) is 11.8 Å². The van der Waals surface area contributed by atoms with Crippen molar-refractivity contribution in [1.29, 1.82) is 0 Å². The number of aliphatic carboxylic acids is 1. The lowest BCUT2D eigenvalue weighted by molar-refractivity contribution is -0.146. The van der Waals surface area contributed by atoms with E-state index in [0.29, 0.717) is 25.0 Å². The number of carbonyl (C=O) groups is 2. The number of hydrogen-bond acceptors (Lipinski definition) is 2. The van der Waals surface area contributed by atoms with Crippen LogP contribution in [0.15, 0.2) is 0 Å². The first-order valence-corrected chi connectivity index (χ1v) is 7.45. The summed E-state index contributed by atoms with van der Waals surface area (Å²) in [5.41, 5.74) is 0. The molecule has 3 rings (SSSR count). The van der Waals surface area contributed by atoms with Crippen LogP contribution in [-0.4, -0.2) is 52.6 Å². The molecular weight excluding hydrogens is 244 g/mol. The van der Waals surface area contributed by atoms with Crippen LogP contribution in [0.3, 0.4) is 0 Å². The molecule has 2 amide bonds. The molecule has 2 saturated heterocycles. The Kier molecular flexibility index (Phi) is 3.37. The number of urea groups is 1. The van der Waals surface area contributed by atoms with Gasteiger partial charge in [-0.05, 0) is 31.6 Å². The number of likely N-dealkylation sites (tertiary alicyclic amines) is 2. The van der Waals surface area contributed by atoms with E-state index in [4.69, 9.17) is 5.11 Å². The van der Waals surface area contributed by atoms with Gasteiger partial charge in [0.15, 0.2) is 0 Å². The normalized spacial score (nSPS) is 31.6. The smallest absolute Gasteiger partial charge is 0.320 e. The van der Waals surface area contributed by atoms with Crippen molar-refractivity contribution in [2.75, 3.05) is 19.6 Å². The molecule has 2 aliphatic heterocycles. The highest BCUT2D eigenvalue weighted by molar-refractivity contribution is 5.80. The Bertz CT molecular complexity index is 377. The Morgan fingerprint density at radius 3 is 2.42 bits per heavy atom. The molecule has 2 unspecified atom stereocenters. The topological polar surface area (TPSA) is 60.9 Å². The SMILES string of the molecule is O=C(O)C1CN(C(=O)N2CCCC3CCCCC32)C1. The van der Waals surface area contributed by atoms with E-state index in [1.54, 1.807) is 4.90 Å². The second-order valence-corrected chi connectivity index (χ2v) is 6.17. The molecule has 1 N–H and O–H groups in total. The first-order valence-electron chi connectivity index (χ1n) is 7.45. The van der Waals surface area contributed by atoms with Crippen molar-refractivity contribution in [3.05, 3.63) is 0 Å². The van der Waals surface area contributed by atoms with Crippen molar-refractivity contribution in [2.45, 2.75) is 44.6 Å². The molecule has 0 spiro atoms. The molecule has 5 heteroatoms. The number of nitrogens with zero attached hydrogens (tertiary/aromatic N) is 2. The van der Waals surface area contributed by atoms with Gasteiger partial charge < -0.3 is 14.9 Å². The Balaban J connectivity index is 1.61. The molecule has 0 radical (unpaired) electrons. The van der Waals surface area contributed by atoms with E-state index in [0.717, 1.165) is 19.4 Å². The fourth-order valence-electron chi connectivity index (χ4n) is 3.83. The van der Waals surface area contributed by atoms with Crippen LogP contribution in [0.25, 0.3) is 0 Å². The molecule has 3 fully saturated rings. The molecule has 3 aliphatic rings. The fourth-order valence-corrected chi connectivity index (χ4v) is 3.83. The predicted molar refractivity (Wildman–Crippen MR) is 69.8 cm³/mol. The minimum Gasteiger partial charge on any atom is -0.481 e. The lowest BCUT2D eigenvalue weighted by atomic mass is 9.78. The Labute approximate surface area is 113 Å². The van der Waals surface area contributed by atoms with Crippen LogP contribution < -0.4 is 0 Å². The highest BCUT2D eigenvalue weighted by atomic mass is 16.4. The number of carboxylic acids is 1. The van der Waals surface area contributed by atoms with Crippen LogP contribution >= 0.6 is 0 Å². The third kappa shape index (κ3) is 2.30. The van der Waals surface area contributed by atoms with Gasteiger partial charge in [-0.2, -0.15) is 0 Å². The van der Waals surface area contributed by atoms with Crippen LogP contribution in [0.5, 0.6) is 0 Å². The third-order valence-electron chi connectivity index (χ3n) is 4.99. The second-order valence-electron chi connectivity index (χ2n) is 6.17. The quantitative estimate of drug-likeness (QED) is 0.787. The molecule has 0 aromatic rings. The summed E-state index contributed by atoms with van der Waals surface area (Å²) in [7, 11) is 0. The Hall–Kier alpha value is -1.26. The van der Waals surface area contributed by atoms with Crippen molar-refractivity contribution in [3.63, 3.8) is 0 Å². The summed E-state index contributed by atoms with van der Waals surface area (Å²) >= 11 is 0. The van der Waals surface area contributed by atoms with Gasteiger partial charge in [0.25, 0.3) is 0 Å². The van der Waals surface area contributed by atoms with Crippen LogP contribution in [0.4, 0.5) is 4.79 Å². The summed E-state index contributed by atoms with van der Waals surface area (Å²) < 4.78 is 0. The van der Waals surface area contributed by atoms with Crippen molar-refractivity contribution < 1.29 is 14.7 Å². The van der Waals surface area contributed by atoms with Gasteiger partial charge in [0.1, 0.15) is 0 Å². The summed E-state index contributed by atoms with van der Waals surface area (Å²) in [6.07, 6.45) is 7.27. The van der Waals surface area contributed by atoms with Crippen LogP contribution in [0.1, 0.15) is 38.5 Å². The molecule has 106 valence electrons. The minimum atomic E-state index is -0.779. The van der Waals surface area contributed by atoms with Gasteiger partial charge in [-0.25, -0.2) is 4.79 Å². The number of rotatable bonds is 1. The number of hydrogen-bond donors (Lipinski definition) is 1. The van der Waals surface area contributed by atoms with E-state index in [9.17, 15) is 9.59 Å². The summed E-state index contributed by atoms with van der Waals surface area (Å²) in [5, 5.41) is 8.88. The molecule has 1 saturated carbocycles. The number of carbonyl (C=O) groups excluding carboxylic acids is 1. The Morgan fingerprint density at radius 1 is 1.00 bits per heavy atom. The summed E-state index contributed by atoms with van der Waals surface area (Å²) in [4.78, 5) is 27.0. The second kappa shape index (κ2) is 5.02. The number of piperidine rings is 1. The van der Waals surface area contributed by atoms with E-state index in [2.05, 4.69) is 0 Å². The van der Waals surface area contributed by atoms with Gasteiger partial charge in [0.2, 0.25) is 0 Å². The molecule has 2 atom stereocenters. The van der Waals surface area contributed by atoms with Gasteiger partial charge in [0.05, 0.1) is 5.92 Å². The van der Waals surface area contributed by atoms with Gasteiger partial charge in [0, 0.05) is 25.7 Å². The maximum absolute atomic E-state index is 12.5. The number of carboxylic acid groups (broad SMARTS) is 1. The van der Waals surface area contributed by atoms with E-state index < -0.39 is 5.97 Å². The van der Waals surface area contributed by atoms with Gasteiger partial charge in [-0.1, -0.05) is 12.8 Å². The predicted octanol–water partition coefficient (Wildman–Crippen LogP) is 1.78. The minimum absolute atomic E-state index is 0.0779. The molecule has 0 bridgehead atoms. The van der Waals surface area contributed by atoms with Crippen LogP contribution in [-0.2, 0) is 4.79 Å². The van der Waals surface area contributed by atoms with Crippen molar-refractivity contribution >= 4 is 12.0 Å². The first kappa shape index (κ1) is 12.8. The molecule has 2 heterocycles. The first-order chi connectivity index (χ1) is 9.16. The molecule has 19 heavy (non-hydrogen) atoms.